The maximum Gasteiger partial charge on any atom is 0.247 e. The van der Waals surface area contributed by atoms with Crippen LogP contribution in [0.5, 0.6) is 5.75 Å². The van der Waals surface area contributed by atoms with Crippen LogP contribution in [0.1, 0.15) is 18.5 Å². The minimum Gasteiger partial charge on any atom is -0.497 e. The largest absolute Gasteiger partial charge is 0.497 e. The van der Waals surface area contributed by atoms with Gasteiger partial charge in [-0.2, -0.15) is 5.10 Å². The predicted octanol–water partition coefficient (Wildman–Crippen LogP) is 1.51. The van der Waals surface area contributed by atoms with Gasteiger partial charge in [0.2, 0.25) is 5.91 Å². The van der Waals surface area contributed by atoms with E-state index in [1.165, 1.54) is 6.33 Å². The second-order valence-electron chi connectivity index (χ2n) is 4.60. The van der Waals surface area contributed by atoms with E-state index in [1.54, 1.807) is 37.0 Å². The average molecular weight is 274 g/mol. The summed E-state index contributed by atoms with van der Waals surface area (Å²) >= 11 is 0. The summed E-state index contributed by atoms with van der Waals surface area (Å²) in [6, 6.07) is 7.31. The van der Waals surface area contributed by atoms with Gasteiger partial charge in [0, 0.05) is 13.6 Å². The van der Waals surface area contributed by atoms with Crippen LogP contribution in [0.2, 0.25) is 0 Å². The van der Waals surface area contributed by atoms with Crippen molar-refractivity contribution in [3.63, 3.8) is 0 Å². The molecule has 0 aliphatic heterocycles. The molecule has 1 atom stereocenters. The van der Waals surface area contributed by atoms with Crippen LogP contribution in [-0.4, -0.2) is 39.7 Å². The number of nitrogens with zero attached hydrogens (tertiary/aromatic N) is 4. The molecule has 0 spiro atoms. The van der Waals surface area contributed by atoms with Crippen LogP contribution in [0.4, 0.5) is 0 Å². The number of hydrogen-bond acceptors (Lipinski definition) is 4. The SMILES string of the molecule is COc1cccc(CN(C)C(=O)[C@@H](C)n2cncn2)c1. The van der Waals surface area contributed by atoms with E-state index < -0.39 is 0 Å². The Hall–Kier alpha value is -2.37. The smallest absolute Gasteiger partial charge is 0.247 e. The topological polar surface area (TPSA) is 60.2 Å². The number of amides is 1. The number of aromatic nitrogens is 3. The van der Waals surface area contributed by atoms with Crippen molar-refractivity contribution in [3.05, 3.63) is 42.5 Å². The summed E-state index contributed by atoms with van der Waals surface area (Å²) in [4.78, 5) is 17.8. The van der Waals surface area contributed by atoms with Crippen molar-refractivity contribution in [1.82, 2.24) is 19.7 Å². The van der Waals surface area contributed by atoms with Crippen LogP contribution in [0.15, 0.2) is 36.9 Å². The molecule has 0 aliphatic carbocycles. The maximum atomic E-state index is 12.3. The second-order valence-corrected chi connectivity index (χ2v) is 4.60. The Kier molecular flexibility index (Phi) is 4.34. The molecule has 1 aromatic heterocycles. The molecule has 0 saturated carbocycles. The van der Waals surface area contributed by atoms with Gasteiger partial charge in [-0.25, -0.2) is 9.67 Å². The Morgan fingerprint density at radius 1 is 1.50 bits per heavy atom. The van der Waals surface area contributed by atoms with Gasteiger partial charge >= 0.3 is 0 Å². The molecule has 1 amide bonds. The molecule has 6 heteroatoms. The van der Waals surface area contributed by atoms with E-state index >= 15 is 0 Å². The van der Waals surface area contributed by atoms with E-state index in [9.17, 15) is 4.79 Å². The van der Waals surface area contributed by atoms with E-state index in [-0.39, 0.29) is 11.9 Å². The normalized spacial score (nSPS) is 11.9. The number of methoxy groups -OCH3 is 1. The standard InChI is InChI=1S/C14H18N4O2/c1-11(18-10-15-9-16-18)14(19)17(2)8-12-5-4-6-13(7-12)20-3/h4-7,9-11H,8H2,1-3H3/t11-/m1/s1. The number of carbonyl (C=O) groups is 1. The third-order valence-electron chi connectivity index (χ3n) is 3.12. The minimum atomic E-state index is -0.367. The van der Waals surface area contributed by atoms with Crippen LogP contribution < -0.4 is 4.74 Å². The highest BCUT2D eigenvalue weighted by molar-refractivity contribution is 5.79. The van der Waals surface area contributed by atoms with Crippen molar-refractivity contribution in [2.75, 3.05) is 14.2 Å². The third-order valence-corrected chi connectivity index (χ3v) is 3.12. The van der Waals surface area contributed by atoms with Crippen molar-refractivity contribution in [2.24, 2.45) is 0 Å². The molecule has 2 rings (SSSR count). The van der Waals surface area contributed by atoms with Gasteiger partial charge < -0.3 is 9.64 Å². The van der Waals surface area contributed by atoms with E-state index in [2.05, 4.69) is 10.1 Å². The first-order valence-corrected chi connectivity index (χ1v) is 6.34. The lowest BCUT2D eigenvalue weighted by Gasteiger charge is -2.21. The number of benzene rings is 1. The third kappa shape index (κ3) is 3.14. The van der Waals surface area contributed by atoms with E-state index in [1.807, 2.05) is 24.3 Å². The molecule has 6 nitrogen and oxygen atoms in total. The van der Waals surface area contributed by atoms with Gasteiger partial charge in [-0.1, -0.05) is 12.1 Å². The lowest BCUT2D eigenvalue weighted by molar-refractivity contribution is -0.133. The van der Waals surface area contributed by atoms with Crippen molar-refractivity contribution in [3.8, 4) is 5.75 Å². The van der Waals surface area contributed by atoms with Gasteiger partial charge in [0.05, 0.1) is 7.11 Å². The number of carbonyl (C=O) groups excluding carboxylic acids is 1. The molecule has 0 N–H and O–H groups in total. The van der Waals surface area contributed by atoms with E-state index in [4.69, 9.17) is 4.74 Å². The first-order valence-electron chi connectivity index (χ1n) is 6.34. The van der Waals surface area contributed by atoms with Gasteiger partial charge in [0.25, 0.3) is 0 Å². The molecule has 20 heavy (non-hydrogen) atoms. The summed E-state index contributed by atoms with van der Waals surface area (Å²) in [6.07, 6.45) is 2.97. The molecule has 1 heterocycles. The number of hydrogen-bond donors (Lipinski definition) is 0. The van der Waals surface area contributed by atoms with Crippen LogP contribution in [-0.2, 0) is 11.3 Å². The zero-order valence-electron chi connectivity index (χ0n) is 11.9. The van der Waals surface area contributed by atoms with Crippen molar-refractivity contribution in [1.29, 1.82) is 0 Å². The average Bonchev–Trinajstić information content (AvgIpc) is 3.00. The summed E-state index contributed by atoms with van der Waals surface area (Å²) < 4.78 is 6.72. The molecule has 1 aromatic carbocycles. The molecule has 0 aliphatic rings. The van der Waals surface area contributed by atoms with Crippen LogP contribution in [0.3, 0.4) is 0 Å². The molecule has 0 unspecified atom stereocenters. The zero-order valence-corrected chi connectivity index (χ0v) is 11.9. The Balaban J connectivity index is 2.03. The van der Waals surface area contributed by atoms with Gasteiger partial charge in [0.1, 0.15) is 24.4 Å². The van der Waals surface area contributed by atoms with E-state index in [0.29, 0.717) is 6.54 Å². The fourth-order valence-electron chi connectivity index (χ4n) is 1.97. The second kappa shape index (κ2) is 6.18. The van der Waals surface area contributed by atoms with Gasteiger partial charge in [-0.15, -0.1) is 0 Å². The Bertz CT molecular complexity index is 568. The van der Waals surface area contributed by atoms with Crippen molar-refractivity contribution >= 4 is 5.91 Å². The van der Waals surface area contributed by atoms with Gasteiger partial charge in [-0.3, -0.25) is 4.79 Å². The predicted molar refractivity (Wildman–Crippen MR) is 74.2 cm³/mol. The maximum absolute atomic E-state index is 12.3. The Morgan fingerprint density at radius 3 is 2.95 bits per heavy atom. The van der Waals surface area contributed by atoms with Gasteiger partial charge in [0.15, 0.2) is 0 Å². The summed E-state index contributed by atoms with van der Waals surface area (Å²) in [5.41, 5.74) is 1.02. The highest BCUT2D eigenvalue weighted by atomic mass is 16.5. The van der Waals surface area contributed by atoms with E-state index in [0.717, 1.165) is 11.3 Å². The minimum absolute atomic E-state index is 0.0154. The Morgan fingerprint density at radius 2 is 2.30 bits per heavy atom. The fourth-order valence-corrected chi connectivity index (χ4v) is 1.97. The first kappa shape index (κ1) is 14.0. The first-order chi connectivity index (χ1) is 9.61. The summed E-state index contributed by atoms with van der Waals surface area (Å²) in [6.45, 7) is 2.33. The highest BCUT2D eigenvalue weighted by Crippen LogP contribution is 2.15. The monoisotopic (exact) mass is 274 g/mol. The molecule has 106 valence electrons. The summed E-state index contributed by atoms with van der Waals surface area (Å²) in [5.74, 6) is 0.769. The van der Waals surface area contributed by atoms with Crippen LogP contribution in [0.25, 0.3) is 0 Å². The fraction of sp³-hybridized carbons (Fsp3) is 0.357. The summed E-state index contributed by atoms with van der Waals surface area (Å²) in [5, 5.41) is 3.99. The highest BCUT2D eigenvalue weighted by Gasteiger charge is 2.19. The van der Waals surface area contributed by atoms with Crippen molar-refractivity contribution < 1.29 is 9.53 Å². The van der Waals surface area contributed by atoms with Gasteiger partial charge in [-0.05, 0) is 24.6 Å². The van der Waals surface area contributed by atoms with Crippen molar-refractivity contribution in [2.45, 2.75) is 19.5 Å². The van der Waals surface area contributed by atoms with Crippen LogP contribution >= 0.6 is 0 Å². The molecule has 2 aromatic rings. The molecule has 0 fully saturated rings. The summed E-state index contributed by atoms with van der Waals surface area (Å²) in [7, 11) is 3.40. The quantitative estimate of drug-likeness (QED) is 0.829. The zero-order chi connectivity index (χ0) is 14.5. The molecular formula is C14H18N4O2. The number of ether oxygens (including phenoxy) is 1. The lowest BCUT2D eigenvalue weighted by Crippen LogP contribution is -2.33. The lowest BCUT2D eigenvalue weighted by atomic mass is 10.2. The number of rotatable bonds is 5. The number of likely N-dealkylation sites (N-methyl/N-ethyl adjacent to an activating group) is 1. The molecule has 0 saturated heterocycles. The molecular weight excluding hydrogens is 256 g/mol. The van der Waals surface area contributed by atoms with Crippen LogP contribution in [0, 0.1) is 0 Å². The molecule has 0 bridgehead atoms. The molecule has 0 radical (unpaired) electrons. The Labute approximate surface area is 118 Å².